The van der Waals surface area contributed by atoms with Crippen LogP contribution in [-0.2, 0) is 12.7 Å². The summed E-state index contributed by atoms with van der Waals surface area (Å²) in [5.41, 5.74) is 3.04. The van der Waals surface area contributed by atoms with Crippen LogP contribution in [0.4, 0.5) is 18.9 Å². The first-order valence-corrected chi connectivity index (χ1v) is 10.1. The van der Waals surface area contributed by atoms with Gasteiger partial charge in [0.05, 0.1) is 23.7 Å². The molecule has 0 spiro atoms. The third-order valence-electron chi connectivity index (χ3n) is 5.54. The number of β-amino-alcohol motifs (C(OH)–C–C–N with tert-alkyl or cyclic N) is 1. The van der Waals surface area contributed by atoms with Crippen LogP contribution in [0, 0.1) is 6.92 Å². The van der Waals surface area contributed by atoms with E-state index in [1.165, 1.54) is 11.3 Å². The van der Waals surface area contributed by atoms with Crippen molar-refractivity contribution in [2.45, 2.75) is 25.7 Å². The van der Waals surface area contributed by atoms with E-state index in [1.54, 1.807) is 24.3 Å². The predicted molar refractivity (Wildman–Crippen MR) is 111 cm³/mol. The van der Waals surface area contributed by atoms with Crippen LogP contribution in [0.5, 0.6) is 0 Å². The maximum absolute atomic E-state index is 13.4. The molecule has 1 aromatic heterocycles. The Hall–Kier alpha value is -2.58. The lowest BCUT2D eigenvalue weighted by Gasteiger charge is -2.37. The molecular weight excluding hydrogens is 393 g/mol. The summed E-state index contributed by atoms with van der Waals surface area (Å²) in [7, 11) is 0. The highest BCUT2D eigenvalue weighted by Crippen LogP contribution is 2.31. The Morgan fingerprint density at radius 3 is 2.30 bits per heavy atom. The average molecular weight is 418 g/mol. The van der Waals surface area contributed by atoms with Gasteiger partial charge in [-0.3, -0.25) is 4.90 Å². The molecule has 1 aliphatic heterocycles. The molecular formula is C22H25F3N4O. The molecule has 0 aliphatic carbocycles. The second-order valence-corrected chi connectivity index (χ2v) is 7.81. The SMILES string of the molecule is Cc1ccc(N2CCN(CC(O)Cn3c(C(F)(F)F)nc4ccccc43)CC2)cc1. The van der Waals surface area contributed by atoms with Crippen LogP contribution >= 0.6 is 0 Å². The number of halogens is 3. The Labute approximate surface area is 173 Å². The topological polar surface area (TPSA) is 44.5 Å². The number of piperazine rings is 1. The first-order valence-electron chi connectivity index (χ1n) is 10.1. The van der Waals surface area contributed by atoms with Gasteiger partial charge in [-0.1, -0.05) is 29.8 Å². The van der Waals surface area contributed by atoms with Crippen molar-refractivity contribution in [3.05, 3.63) is 59.9 Å². The summed E-state index contributed by atoms with van der Waals surface area (Å²) < 4.78 is 41.4. The molecule has 160 valence electrons. The number of rotatable bonds is 5. The number of aromatic nitrogens is 2. The molecule has 0 bridgehead atoms. The van der Waals surface area contributed by atoms with Crippen molar-refractivity contribution in [2.24, 2.45) is 0 Å². The van der Waals surface area contributed by atoms with E-state index in [9.17, 15) is 18.3 Å². The number of nitrogens with zero attached hydrogens (tertiary/aromatic N) is 4. The van der Waals surface area contributed by atoms with Gasteiger partial charge < -0.3 is 14.6 Å². The molecule has 0 saturated carbocycles. The number of aliphatic hydroxyl groups excluding tert-OH is 1. The zero-order valence-electron chi connectivity index (χ0n) is 16.8. The normalized spacial score (nSPS) is 16.9. The Morgan fingerprint density at radius 2 is 1.63 bits per heavy atom. The van der Waals surface area contributed by atoms with E-state index < -0.39 is 18.1 Å². The van der Waals surface area contributed by atoms with Crippen molar-refractivity contribution in [3.63, 3.8) is 0 Å². The predicted octanol–water partition coefficient (Wildman–Crippen LogP) is 3.55. The van der Waals surface area contributed by atoms with Gasteiger partial charge in [0.2, 0.25) is 5.82 Å². The van der Waals surface area contributed by atoms with Gasteiger partial charge in [-0.15, -0.1) is 0 Å². The second-order valence-electron chi connectivity index (χ2n) is 7.81. The standard InChI is InChI=1S/C22H25F3N4O/c1-16-6-8-17(9-7-16)28-12-10-27(11-13-28)14-18(30)15-29-20-5-3-2-4-19(20)26-21(29)22(23,24)25/h2-9,18,30H,10-15H2,1H3. The molecule has 0 radical (unpaired) electrons. The first-order chi connectivity index (χ1) is 14.3. The molecule has 2 aromatic carbocycles. The Balaban J connectivity index is 1.40. The molecule has 1 aliphatic rings. The number of para-hydroxylation sites is 2. The molecule has 30 heavy (non-hydrogen) atoms. The van der Waals surface area contributed by atoms with Crippen LogP contribution in [0.1, 0.15) is 11.4 Å². The molecule has 1 unspecified atom stereocenters. The number of hydrogen-bond acceptors (Lipinski definition) is 4. The van der Waals surface area contributed by atoms with Gasteiger partial charge in [-0.25, -0.2) is 4.98 Å². The minimum atomic E-state index is -4.57. The zero-order valence-corrected chi connectivity index (χ0v) is 16.8. The van der Waals surface area contributed by atoms with Gasteiger partial charge in [0.1, 0.15) is 0 Å². The molecule has 5 nitrogen and oxygen atoms in total. The lowest BCUT2D eigenvalue weighted by molar-refractivity contribution is -0.147. The van der Waals surface area contributed by atoms with Crippen LogP contribution in [-0.4, -0.2) is 58.4 Å². The summed E-state index contributed by atoms with van der Waals surface area (Å²) in [5.74, 6) is -0.966. The van der Waals surface area contributed by atoms with Crippen LogP contribution in [0.2, 0.25) is 0 Å². The number of hydrogen-bond donors (Lipinski definition) is 1. The summed E-state index contributed by atoms with van der Waals surface area (Å²) in [6.07, 6.45) is -5.49. The van der Waals surface area contributed by atoms with Crippen LogP contribution in [0.15, 0.2) is 48.5 Å². The van der Waals surface area contributed by atoms with E-state index in [1.807, 2.05) is 0 Å². The van der Waals surface area contributed by atoms with Crippen molar-refractivity contribution in [3.8, 4) is 0 Å². The number of alkyl halides is 3. The van der Waals surface area contributed by atoms with Crippen LogP contribution in [0.3, 0.4) is 0 Å². The fraction of sp³-hybridized carbons (Fsp3) is 0.409. The molecule has 4 rings (SSSR count). The highest BCUT2D eigenvalue weighted by molar-refractivity contribution is 5.76. The van der Waals surface area contributed by atoms with Crippen molar-refractivity contribution >= 4 is 16.7 Å². The number of imidazole rings is 1. The van der Waals surface area contributed by atoms with Gasteiger partial charge in [-0.2, -0.15) is 13.2 Å². The van der Waals surface area contributed by atoms with Crippen LogP contribution in [0.25, 0.3) is 11.0 Å². The lowest BCUT2D eigenvalue weighted by Crippen LogP contribution is -2.49. The van der Waals surface area contributed by atoms with E-state index in [2.05, 4.69) is 46.0 Å². The van der Waals surface area contributed by atoms with Crippen molar-refractivity contribution in [1.82, 2.24) is 14.5 Å². The third kappa shape index (κ3) is 4.44. The van der Waals surface area contributed by atoms with E-state index >= 15 is 0 Å². The molecule has 8 heteroatoms. The molecule has 1 fully saturated rings. The highest BCUT2D eigenvalue weighted by atomic mass is 19.4. The summed E-state index contributed by atoms with van der Waals surface area (Å²) in [6.45, 7) is 5.37. The van der Waals surface area contributed by atoms with Crippen LogP contribution < -0.4 is 4.90 Å². The summed E-state index contributed by atoms with van der Waals surface area (Å²) in [5, 5.41) is 10.6. The smallest absolute Gasteiger partial charge is 0.390 e. The monoisotopic (exact) mass is 418 g/mol. The second kappa shape index (κ2) is 8.28. The van der Waals surface area contributed by atoms with E-state index in [-0.39, 0.29) is 12.1 Å². The molecule has 1 N–H and O–H groups in total. The fourth-order valence-electron chi connectivity index (χ4n) is 3.99. The lowest BCUT2D eigenvalue weighted by atomic mass is 10.2. The van der Waals surface area contributed by atoms with Gasteiger partial charge in [0, 0.05) is 38.4 Å². The van der Waals surface area contributed by atoms with Gasteiger partial charge in [0.25, 0.3) is 0 Å². The summed E-state index contributed by atoms with van der Waals surface area (Å²) >= 11 is 0. The maximum Gasteiger partial charge on any atom is 0.449 e. The number of aryl methyl sites for hydroxylation is 1. The number of benzene rings is 2. The molecule has 3 aromatic rings. The van der Waals surface area contributed by atoms with Gasteiger partial charge >= 0.3 is 6.18 Å². The largest absolute Gasteiger partial charge is 0.449 e. The quantitative estimate of drug-likeness (QED) is 0.688. The fourth-order valence-corrected chi connectivity index (χ4v) is 3.99. The molecule has 0 amide bonds. The third-order valence-corrected chi connectivity index (χ3v) is 5.54. The van der Waals surface area contributed by atoms with Gasteiger partial charge in [-0.05, 0) is 31.2 Å². The minimum Gasteiger partial charge on any atom is -0.390 e. The zero-order chi connectivity index (χ0) is 21.3. The summed E-state index contributed by atoms with van der Waals surface area (Å²) in [4.78, 5) is 8.12. The van der Waals surface area contributed by atoms with Gasteiger partial charge in [0.15, 0.2) is 0 Å². The average Bonchev–Trinajstić information content (AvgIpc) is 3.08. The molecule has 1 saturated heterocycles. The first kappa shape index (κ1) is 20.7. The molecule has 2 heterocycles. The van der Waals surface area contributed by atoms with Crippen molar-refractivity contribution in [2.75, 3.05) is 37.6 Å². The Kier molecular flexibility index (Phi) is 5.71. The summed E-state index contributed by atoms with van der Waals surface area (Å²) in [6, 6.07) is 14.9. The number of aliphatic hydroxyl groups is 1. The molecule has 1 atom stereocenters. The maximum atomic E-state index is 13.4. The van der Waals surface area contributed by atoms with Crippen molar-refractivity contribution in [1.29, 1.82) is 0 Å². The van der Waals surface area contributed by atoms with E-state index in [0.29, 0.717) is 12.1 Å². The van der Waals surface area contributed by atoms with Crippen molar-refractivity contribution < 1.29 is 18.3 Å². The number of fused-ring (bicyclic) bond motifs is 1. The van der Waals surface area contributed by atoms with E-state index in [4.69, 9.17) is 0 Å². The highest BCUT2D eigenvalue weighted by Gasteiger charge is 2.38. The van der Waals surface area contributed by atoms with E-state index in [0.717, 1.165) is 30.7 Å². The number of anilines is 1. The Morgan fingerprint density at radius 1 is 0.967 bits per heavy atom. The minimum absolute atomic E-state index is 0.145. The Bertz CT molecular complexity index is 992.